The summed E-state index contributed by atoms with van der Waals surface area (Å²) in [7, 11) is 1.59. The number of rotatable bonds is 2. The van der Waals surface area contributed by atoms with E-state index >= 15 is 0 Å². The largest absolute Gasteiger partial charge is 0.480 e. The van der Waals surface area contributed by atoms with E-state index in [1.54, 1.807) is 7.11 Å². The summed E-state index contributed by atoms with van der Waals surface area (Å²) in [5.41, 5.74) is 2.95. The Labute approximate surface area is 117 Å². The number of methoxy groups -OCH3 is 1. The Balaban J connectivity index is 1.92. The van der Waals surface area contributed by atoms with Gasteiger partial charge < -0.3 is 9.64 Å². The molecule has 1 aromatic rings. The molecule has 102 valence electrons. The molecule has 2 heterocycles. The summed E-state index contributed by atoms with van der Waals surface area (Å²) in [6, 6.07) is 2.00. The van der Waals surface area contributed by atoms with Crippen LogP contribution in [-0.2, 0) is 12.8 Å². The van der Waals surface area contributed by atoms with Gasteiger partial charge in [0.25, 0.3) is 5.91 Å². The van der Waals surface area contributed by atoms with E-state index in [4.69, 9.17) is 4.74 Å². The number of thioether (sulfide) groups is 1. The Morgan fingerprint density at radius 1 is 1.37 bits per heavy atom. The van der Waals surface area contributed by atoms with Crippen LogP contribution in [0.4, 0.5) is 0 Å². The molecule has 5 heteroatoms. The van der Waals surface area contributed by atoms with Crippen molar-refractivity contribution in [1.82, 2.24) is 9.88 Å². The first-order valence-corrected chi connectivity index (χ1v) is 7.89. The number of fused-ring (bicyclic) bond motifs is 1. The molecule has 1 fully saturated rings. The maximum absolute atomic E-state index is 12.6. The number of hydrogen-bond acceptors (Lipinski definition) is 4. The third-order valence-electron chi connectivity index (χ3n) is 3.74. The van der Waals surface area contributed by atoms with Crippen molar-refractivity contribution in [3.8, 4) is 5.88 Å². The molecule has 0 atom stereocenters. The van der Waals surface area contributed by atoms with Gasteiger partial charge in [0.05, 0.1) is 7.11 Å². The molecular weight excluding hydrogens is 260 g/mol. The number of carbonyl (C=O) groups is 1. The van der Waals surface area contributed by atoms with E-state index in [0.29, 0.717) is 11.4 Å². The lowest BCUT2D eigenvalue weighted by atomic mass is 10.1. The maximum atomic E-state index is 12.6. The molecule has 0 spiro atoms. The molecule has 1 aromatic heterocycles. The predicted octanol–water partition coefficient (Wildman–Crippen LogP) is 1.77. The molecule has 19 heavy (non-hydrogen) atoms. The van der Waals surface area contributed by atoms with Crippen LogP contribution in [0.1, 0.15) is 28.0 Å². The lowest BCUT2D eigenvalue weighted by Gasteiger charge is -2.27. The van der Waals surface area contributed by atoms with Crippen LogP contribution in [0.5, 0.6) is 5.88 Å². The molecule has 0 aromatic carbocycles. The number of nitrogens with zero attached hydrogens (tertiary/aromatic N) is 2. The molecule has 0 unspecified atom stereocenters. The first-order chi connectivity index (χ1) is 9.29. The van der Waals surface area contributed by atoms with Crippen molar-refractivity contribution >= 4 is 17.7 Å². The highest BCUT2D eigenvalue weighted by atomic mass is 32.2. The first kappa shape index (κ1) is 12.8. The number of ether oxygens (including phenoxy) is 1. The number of aryl methyl sites for hydroxylation is 2. The van der Waals surface area contributed by atoms with Crippen molar-refractivity contribution in [1.29, 1.82) is 0 Å². The number of pyridine rings is 1. The Hall–Kier alpha value is -1.23. The Kier molecular flexibility index (Phi) is 3.64. The van der Waals surface area contributed by atoms with Crippen LogP contribution in [0.2, 0.25) is 0 Å². The standard InChI is InChI=1S/C14H18N2O2S/c1-18-13-11(9-10-3-2-4-12(10)15-13)14(17)16-5-7-19-8-6-16/h9H,2-8H2,1H3. The van der Waals surface area contributed by atoms with Gasteiger partial charge in [-0.3, -0.25) is 4.79 Å². The first-order valence-electron chi connectivity index (χ1n) is 6.73. The zero-order valence-electron chi connectivity index (χ0n) is 11.1. The molecular formula is C14H18N2O2S. The van der Waals surface area contributed by atoms with Crippen LogP contribution in [0, 0.1) is 0 Å². The minimum Gasteiger partial charge on any atom is -0.480 e. The SMILES string of the molecule is COc1nc2c(cc1C(=O)N1CCSCC1)CCC2. The van der Waals surface area contributed by atoms with Gasteiger partial charge in [-0.05, 0) is 30.9 Å². The smallest absolute Gasteiger partial charge is 0.259 e. The van der Waals surface area contributed by atoms with E-state index < -0.39 is 0 Å². The molecule has 1 aliphatic heterocycles. The fourth-order valence-corrected chi connectivity index (χ4v) is 3.60. The van der Waals surface area contributed by atoms with Gasteiger partial charge in [-0.1, -0.05) is 0 Å². The lowest BCUT2D eigenvalue weighted by molar-refractivity contribution is 0.0768. The second-order valence-corrected chi connectivity index (χ2v) is 6.13. The minimum absolute atomic E-state index is 0.0688. The number of aromatic nitrogens is 1. The summed E-state index contributed by atoms with van der Waals surface area (Å²) >= 11 is 1.90. The van der Waals surface area contributed by atoms with Crippen LogP contribution >= 0.6 is 11.8 Å². The van der Waals surface area contributed by atoms with E-state index in [9.17, 15) is 4.79 Å². The molecule has 1 amide bonds. The van der Waals surface area contributed by atoms with Crippen molar-refractivity contribution < 1.29 is 9.53 Å². The highest BCUT2D eigenvalue weighted by Gasteiger charge is 2.25. The van der Waals surface area contributed by atoms with Crippen LogP contribution in [0.25, 0.3) is 0 Å². The minimum atomic E-state index is 0.0688. The fraction of sp³-hybridized carbons (Fsp3) is 0.571. The van der Waals surface area contributed by atoms with Crippen molar-refractivity contribution in [2.24, 2.45) is 0 Å². The second-order valence-electron chi connectivity index (χ2n) is 4.91. The summed E-state index contributed by atoms with van der Waals surface area (Å²) in [6.07, 6.45) is 3.16. The molecule has 0 bridgehead atoms. The number of carbonyl (C=O) groups excluding carboxylic acids is 1. The van der Waals surface area contributed by atoms with Gasteiger partial charge in [-0.15, -0.1) is 0 Å². The van der Waals surface area contributed by atoms with E-state index in [1.165, 1.54) is 5.56 Å². The number of amides is 1. The van der Waals surface area contributed by atoms with E-state index in [2.05, 4.69) is 4.98 Å². The molecule has 0 radical (unpaired) electrons. The third-order valence-corrected chi connectivity index (χ3v) is 4.68. The average molecular weight is 278 g/mol. The van der Waals surface area contributed by atoms with Gasteiger partial charge in [-0.25, -0.2) is 4.98 Å². The summed E-state index contributed by atoms with van der Waals surface area (Å²) in [5, 5.41) is 0. The van der Waals surface area contributed by atoms with Crippen LogP contribution < -0.4 is 4.74 Å². The average Bonchev–Trinajstić information content (AvgIpc) is 2.93. The third kappa shape index (κ3) is 2.43. The van der Waals surface area contributed by atoms with Crippen LogP contribution in [0.15, 0.2) is 6.07 Å². The van der Waals surface area contributed by atoms with E-state index in [0.717, 1.165) is 49.6 Å². The topological polar surface area (TPSA) is 42.4 Å². The molecule has 0 saturated carbocycles. The molecule has 0 N–H and O–H groups in total. The molecule has 1 aliphatic carbocycles. The highest BCUT2D eigenvalue weighted by Crippen LogP contribution is 2.27. The van der Waals surface area contributed by atoms with Crippen molar-refractivity contribution in [2.45, 2.75) is 19.3 Å². The lowest BCUT2D eigenvalue weighted by Crippen LogP contribution is -2.38. The monoisotopic (exact) mass is 278 g/mol. The maximum Gasteiger partial charge on any atom is 0.259 e. The summed E-state index contributed by atoms with van der Waals surface area (Å²) in [4.78, 5) is 19.0. The summed E-state index contributed by atoms with van der Waals surface area (Å²) in [5.74, 6) is 2.60. The Morgan fingerprint density at radius 2 is 2.16 bits per heavy atom. The molecule has 2 aliphatic rings. The van der Waals surface area contributed by atoms with E-state index in [1.807, 2.05) is 22.7 Å². The van der Waals surface area contributed by atoms with Gasteiger partial charge in [0.1, 0.15) is 5.56 Å². The van der Waals surface area contributed by atoms with Crippen molar-refractivity contribution in [3.63, 3.8) is 0 Å². The number of hydrogen-bond donors (Lipinski definition) is 0. The van der Waals surface area contributed by atoms with Crippen LogP contribution in [0.3, 0.4) is 0 Å². The van der Waals surface area contributed by atoms with Gasteiger partial charge in [0.15, 0.2) is 0 Å². The van der Waals surface area contributed by atoms with Gasteiger partial charge in [0, 0.05) is 30.3 Å². The van der Waals surface area contributed by atoms with Crippen molar-refractivity contribution in [3.05, 3.63) is 22.9 Å². The highest BCUT2D eigenvalue weighted by molar-refractivity contribution is 7.99. The molecule has 3 rings (SSSR count). The summed E-state index contributed by atoms with van der Waals surface area (Å²) < 4.78 is 5.32. The second kappa shape index (κ2) is 5.41. The Morgan fingerprint density at radius 3 is 2.89 bits per heavy atom. The van der Waals surface area contributed by atoms with Gasteiger partial charge in [-0.2, -0.15) is 11.8 Å². The summed E-state index contributed by atoms with van der Waals surface area (Å²) in [6.45, 7) is 1.65. The van der Waals surface area contributed by atoms with Crippen molar-refractivity contribution in [2.75, 3.05) is 31.7 Å². The van der Waals surface area contributed by atoms with Gasteiger partial charge >= 0.3 is 0 Å². The fourth-order valence-electron chi connectivity index (χ4n) is 2.70. The van der Waals surface area contributed by atoms with Crippen LogP contribution in [-0.4, -0.2) is 47.5 Å². The Bertz CT molecular complexity index is 498. The quantitative estimate of drug-likeness (QED) is 0.827. The zero-order chi connectivity index (χ0) is 13.2. The van der Waals surface area contributed by atoms with Gasteiger partial charge in [0.2, 0.25) is 5.88 Å². The molecule has 1 saturated heterocycles. The van der Waals surface area contributed by atoms with E-state index in [-0.39, 0.29) is 5.91 Å². The molecule has 4 nitrogen and oxygen atoms in total. The predicted molar refractivity (Wildman–Crippen MR) is 76.0 cm³/mol. The normalized spacial score (nSPS) is 18.3. The zero-order valence-corrected chi connectivity index (χ0v) is 12.0.